The number of fused-ring (bicyclic) bond motifs is 1. The molecule has 0 saturated carbocycles. The summed E-state index contributed by atoms with van der Waals surface area (Å²) in [5.74, 6) is 0.732. The molecule has 1 aromatic heterocycles. The van der Waals surface area contributed by atoms with Gasteiger partial charge in [-0.1, -0.05) is 59.6 Å². The number of hydrogen-bond donors (Lipinski definition) is 0. The van der Waals surface area contributed by atoms with E-state index < -0.39 is 0 Å². The molecule has 6 heteroatoms. The molecule has 1 aliphatic heterocycles. The number of aromatic nitrogens is 1. The summed E-state index contributed by atoms with van der Waals surface area (Å²) in [5.41, 5.74) is 4.62. The van der Waals surface area contributed by atoms with Crippen LogP contribution in [0.5, 0.6) is 5.88 Å². The Morgan fingerprint density at radius 2 is 1.82 bits per heavy atom. The highest BCUT2D eigenvalue weighted by Crippen LogP contribution is 2.32. The summed E-state index contributed by atoms with van der Waals surface area (Å²) < 4.78 is 5.95. The summed E-state index contributed by atoms with van der Waals surface area (Å²) in [5, 5.41) is 1.18. The van der Waals surface area contributed by atoms with E-state index in [9.17, 15) is 0 Å². The fourth-order valence-electron chi connectivity index (χ4n) is 3.43. The Bertz CT molecular complexity index is 934. The second kappa shape index (κ2) is 9.62. The molecule has 1 aliphatic rings. The lowest BCUT2D eigenvalue weighted by molar-refractivity contribution is 0.196. The van der Waals surface area contributed by atoms with Crippen molar-refractivity contribution in [2.45, 2.75) is 19.5 Å². The van der Waals surface area contributed by atoms with Crippen molar-refractivity contribution in [3.05, 3.63) is 82.0 Å². The topological polar surface area (TPSA) is 25.4 Å². The summed E-state index contributed by atoms with van der Waals surface area (Å²) >= 11 is 12.3. The summed E-state index contributed by atoms with van der Waals surface area (Å²) in [6.07, 6.45) is 2.78. The third-order valence-corrected chi connectivity index (χ3v) is 5.47. The molecule has 0 fully saturated rings. The van der Waals surface area contributed by atoms with Crippen molar-refractivity contribution in [3.8, 4) is 17.0 Å². The molecule has 0 atom stereocenters. The molecule has 0 N–H and O–H groups in total. The predicted octanol–water partition coefficient (Wildman–Crippen LogP) is 6.26. The molecule has 28 heavy (non-hydrogen) atoms. The molecule has 0 spiro atoms. The molecule has 0 unspecified atom stereocenters. The van der Waals surface area contributed by atoms with Crippen LogP contribution in [0.2, 0.25) is 10.0 Å². The fraction of sp³-hybridized carbons (Fsp3) is 0.227. The van der Waals surface area contributed by atoms with Crippen LogP contribution < -0.4 is 4.74 Å². The maximum absolute atomic E-state index is 6.20. The Kier molecular flexibility index (Phi) is 7.19. The molecular formula is C22H21Cl3N2O. The van der Waals surface area contributed by atoms with Crippen molar-refractivity contribution < 1.29 is 4.74 Å². The molecule has 0 amide bonds. The Balaban J connectivity index is 0.00000225. The summed E-state index contributed by atoms with van der Waals surface area (Å²) in [7, 11) is 0. The van der Waals surface area contributed by atoms with Crippen LogP contribution in [0.25, 0.3) is 11.1 Å². The minimum absolute atomic E-state index is 0. The van der Waals surface area contributed by atoms with Gasteiger partial charge in [-0.3, -0.25) is 4.90 Å². The van der Waals surface area contributed by atoms with Gasteiger partial charge in [0.2, 0.25) is 5.88 Å². The first kappa shape index (κ1) is 20.9. The van der Waals surface area contributed by atoms with Crippen molar-refractivity contribution in [2.24, 2.45) is 0 Å². The Morgan fingerprint density at radius 1 is 1.00 bits per heavy atom. The van der Waals surface area contributed by atoms with E-state index in [0.717, 1.165) is 43.1 Å². The van der Waals surface area contributed by atoms with Crippen LogP contribution in [0.1, 0.15) is 17.5 Å². The monoisotopic (exact) mass is 434 g/mol. The number of hydrogen-bond acceptors (Lipinski definition) is 3. The minimum atomic E-state index is 0. The molecule has 2 aromatic carbocycles. The fourth-order valence-corrected chi connectivity index (χ4v) is 3.75. The number of nitrogens with zero attached hydrogens (tertiary/aromatic N) is 2. The normalized spacial score (nSPS) is 14.2. The second-order valence-corrected chi connectivity index (χ2v) is 7.48. The molecule has 3 nitrogen and oxygen atoms in total. The maximum Gasteiger partial charge on any atom is 0.218 e. The molecule has 3 aromatic rings. The van der Waals surface area contributed by atoms with Crippen LogP contribution in [0.3, 0.4) is 0 Å². The highest BCUT2D eigenvalue weighted by Gasteiger charge is 2.19. The summed E-state index contributed by atoms with van der Waals surface area (Å²) in [6, 6.07) is 18.3. The zero-order valence-corrected chi connectivity index (χ0v) is 17.6. The molecule has 146 valence electrons. The van der Waals surface area contributed by atoms with Gasteiger partial charge in [0.05, 0.1) is 16.7 Å². The van der Waals surface area contributed by atoms with Gasteiger partial charge < -0.3 is 4.74 Å². The van der Waals surface area contributed by atoms with E-state index in [4.69, 9.17) is 27.9 Å². The van der Waals surface area contributed by atoms with E-state index in [1.807, 2.05) is 30.5 Å². The van der Waals surface area contributed by atoms with Gasteiger partial charge in [0.1, 0.15) is 0 Å². The zero-order chi connectivity index (χ0) is 18.6. The quantitative estimate of drug-likeness (QED) is 0.485. The smallest absolute Gasteiger partial charge is 0.218 e. The van der Waals surface area contributed by atoms with E-state index in [1.54, 1.807) is 0 Å². The molecule has 2 heterocycles. The zero-order valence-electron chi connectivity index (χ0n) is 15.3. The standard InChI is InChI=1S/C22H20Cl2N2O.ClH/c23-20-8-7-16(13-21(20)24)14-26-11-4-12-27-22-19(15-26)18(9-10-25-22)17-5-2-1-3-6-17;/h1-3,5-10,13H,4,11-12,14-15H2;1H. The average Bonchev–Trinajstić information content (AvgIpc) is 2.67. The van der Waals surface area contributed by atoms with Crippen molar-refractivity contribution in [1.29, 1.82) is 0 Å². The molecule has 0 bridgehead atoms. The molecular weight excluding hydrogens is 415 g/mol. The van der Waals surface area contributed by atoms with Crippen LogP contribution in [-0.2, 0) is 13.1 Å². The SMILES string of the molecule is Cl.Clc1ccc(CN2CCCOc3nccc(-c4ccccc4)c3C2)cc1Cl. The van der Waals surface area contributed by atoms with Crippen molar-refractivity contribution in [2.75, 3.05) is 13.2 Å². The lowest BCUT2D eigenvalue weighted by Gasteiger charge is -2.27. The van der Waals surface area contributed by atoms with Crippen LogP contribution in [0.4, 0.5) is 0 Å². The van der Waals surface area contributed by atoms with Gasteiger partial charge in [-0.05, 0) is 41.3 Å². The second-order valence-electron chi connectivity index (χ2n) is 6.67. The lowest BCUT2D eigenvalue weighted by Crippen LogP contribution is -2.28. The highest BCUT2D eigenvalue weighted by atomic mass is 35.5. The first-order valence-electron chi connectivity index (χ1n) is 9.03. The Morgan fingerprint density at radius 3 is 2.61 bits per heavy atom. The molecule has 4 rings (SSSR count). The van der Waals surface area contributed by atoms with Crippen LogP contribution >= 0.6 is 35.6 Å². The molecule has 0 radical (unpaired) electrons. The van der Waals surface area contributed by atoms with Crippen molar-refractivity contribution in [3.63, 3.8) is 0 Å². The van der Waals surface area contributed by atoms with E-state index in [1.165, 1.54) is 11.1 Å². The van der Waals surface area contributed by atoms with E-state index >= 15 is 0 Å². The van der Waals surface area contributed by atoms with Gasteiger partial charge in [0, 0.05) is 31.4 Å². The van der Waals surface area contributed by atoms with Gasteiger partial charge in [-0.25, -0.2) is 4.98 Å². The summed E-state index contributed by atoms with van der Waals surface area (Å²) in [6.45, 7) is 3.19. The average molecular weight is 436 g/mol. The maximum atomic E-state index is 6.20. The van der Waals surface area contributed by atoms with E-state index in [0.29, 0.717) is 16.7 Å². The van der Waals surface area contributed by atoms with Crippen molar-refractivity contribution >= 4 is 35.6 Å². The largest absolute Gasteiger partial charge is 0.477 e. The third-order valence-electron chi connectivity index (χ3n) is 4.73. The number of pyridine rings is 1. The number of ether oxygens (including phenoxy) is 1. The van der Waals surface area contributed by atoms with Gasteiger partial charge in [0.15, 0.2) is 0 Å². The van der Waals surface area contributed by atoms with Gasteiger partial charge in [0.25, 0.3) is 0 Å². The first-order chi connectivity index (χ1) is 13.2. The third kappa shape index (κ3) is 4.79. The summed E-state index contributed by atoms with van der Waals surface area (Å²) in [4.78, 5) is 6.90. The van der Waals surface area contributed by atoms with Crippen molar-refractivity contribution in [1.82, 2.24) is 9.88 Å². The van der Waals surface area contributed by atoms with E-state index in [-0.39, 0.29) is 12.4 Å². The Labute approximate surface area is 181 Å². The highest BCUT2D eigenvalue weighted by molar-refractivity contribution is 6.42. The van der Waals surface area contributed by atoms with Gasteiger partial charge >= 0.3 is 0 Å². The van der Waals surface area contributed by atoms with Gasteiger partial charge in [-0.2, -0.15) is 0 Å². The lowest BCUT2D eigenvalue weighted by atomic mass is 10.0. The number of halogens is 3. The molecule has 0 saturated heterocycles. The van der Waals surface area contributed by atoms with E-state index in [2.05, 4.69) is 40.2 Å². The predicted molar refractivity (Wildman–Crippen MR) is 118 cm³/mol. The molecule has 0 aliphatic carbocycles. The van der Waals surface area contributed by atoms with Crippen LogP contribution in [0.15, 0.2) is 60.8 Å². The Hall–Kier alpha value is -1.78. The van der Waals surface area contributed by atoms with Crippen LogP contribution in [0, 0.1) is 0 Å². The van der Waals surface area contributed by atoms with Gasteiger partial charge in [-0.15, -0.1) is 12.4 Å². The minimum Gasteiger partial charge on any atom is -0.477 e. The first-order valence-corrected chi connectivity index (χ1v) is 9.79. The van der Waals surface area contributed by atoms with Crippen LogP contribution in [-0.4, -0.2) is 23.0 Å². The number of benzene rings is 2. The number of rotatable bonds is 3.